The second-order valence-corrected chi connectivity index (χ2v) is 7.19. The Bertz CT molecular complexity index is 792. The molecule has 1 aliphatic rings. The molecule has 1 amide bonds. The molecule has 3 rings (SSSR count). The van der Waals surface area contributed by atoms with Crippen LogP contribution in [0, 0.1) is 0 Å². The summed E-state index contributed by atoms with van der Waals surface area (Å²) < 4.78 is 43.3. The van der Waals surface area contributed by atoms with Gasteiger partial charge in [-0.15, -0.1) is 0 Å². The number of carbonyl (C=O) groups is 1. The highest BCUT2D eigenvalue weighted by atomic mass is 35.5. The van der Waals surface area contributed by atoms with Crippen molar-refractivity contribution in [3.05, 3.63) is 41.4 Å². The van der Waals surface area contributed by atoms with Crippen molar-refractivity contribution >= 4 is 17.5 Å². The van der Waals surface area contributed by atoms with Crippen molar-refractivity contribution in [3.63, 3.8) is 0 Å². The van der Waals surface area contributed by atoms with E-state index in [2.05, 4.69) is 4.98 Å². The fourth-order valence-electron chi connectivity index (χ4n) is 3.18. The number of nitrogens with zero attached hydrogens (tertiary/aromatic N) is 3. The predicted molar refractivity (Wildman–Crippen MR) is 99.0 cm³/mol. The topological polar surface area (TPSA) is 49.6 Å². The number of amides is 1. The van der Waals surface area contributed by atoms with E-state index in [0.717, 1.165) is 5.56 Å². The third-order valence-corrected chi connectivity index (χ3v) is 4.83. The maximum atomic E-state index is 12.5. The Labute approximate surface area is 166 Å². The zero-order valence-electron chi connectivity index (χ0n) is 15.2. The molecule has 1 saturated heterocycles. The second-order valence-electron chi connectivity index (χ2n) is 6.75. The molecule has 0 unspecified atom stereocenters. The highest BCUT2D eigenvalue weighted by molar-refractivity contribution is 6.30. The Kier molecular flexibility index (Phi) is 6.61. The minimum absolute atomic E-state index is 0.0971. The van der Waals surface area contributed by atoms with E-state index in [1.165, 1.54) is 4.90 Å². The monoisotopic (exact) mass is 415 g/mol. The molecule has 1 aromatic carbocycles. The highest BCUT2D eigenvalue weighted by Gasteiger charge is 2.31. The van der Waals surface area contributed by atoms with Crippen molar-refractivity contribution < 1.29 is 22.4 Å². The molecule has 0 spiro atoms. The van der Waals surface area contributed by atoms with E-state index in [-0.39, 0.29) is 18.9 Å². The van der Waals surface area contributed by atoms with Crippen molar-refractivity contribution in [2.24, 2.45) is 0 Å². The molecule has 9 heteroatoms. The molecule has 0 N–H and O–H groups in total. The first-order valence-electron chi connectivity index (χ1n) is 9.08. The molecule has 0 atom stereocenters. The van der Waals surface area contributed by atoms with Crippen molar-refractivity contribution in [1.29, 1.82) is 0 Å². The summed E-state index contributed by atoms with van der Waals surface area (Å²) in [5, 5.41) is 0.625. The summed E-state index contributed by atoms with van der Waals surface area (Å²) in [5.41, 5.74) is 0.840. The number of hydrogen-bond donors (Lipinski definition) is 0. The molecule has 1 aromatic heterocycles. The van der Waals surface area contributed by atoms with E-state index in [4.69, 9.17) is 16.0 Å². The average molecular weight is 416 g/mol. The van der Waals surface area contributed by atoms with Crippen LogP contribution in [0.2, 0.25) is 5.02 Å². The summed E-state index contributed by atoms with van der Waals surface area (Å²) in [4.78, 5) is 19.6. The number of benzene rings is 1. The van der Waals surface area contributed by atoms with Gasteiger partial charge in [-0.25, -0.2) is 4.98 Å². The van der Waals surface area contributed by atoms with Crippen LogP contribution in [-0.4, -0.2) is 59.6 Å². The van der Waals surface area contributed by atoms with Gasteiger partial charge in [0.1, 0.15) is 0 Å². The number of rotatable bonds is 5. The Morgan fingerprint density at radius 3 is 2.61 bits per heavy atom. The molecule has 28 heavy (non-hydrogen) atoms. The van der Waals surface area contributed by atoms with Crippen LogP contribution in [0.3, 0.4) is 0 Å². The number of oxazole rings is 1. The van der Waals surface area contributed by atoms with E-state index in [1.54, 1.807) is 23.2 Å². The van der Waals surface area contributed by atoms with Crippen LogP contribution in [0.4, 0.5) is 13.2 Å². The van der Waals surface area contributed by atoms with Gasteiger partial charge in [-0.3, -0.25) is 9.69 Å². The van der Waals surface area contributed by atoms with Crippen molar-refractivity contribution in [2.75, 3.05) is 32.7 Å². The van der Waals surface area contributed by atoms with Gasteiger partial charge in [0.25, 0.3) is 0 Å². The normalized spacial score (nSPS) is 16.2. The number of aryl methyl sites for hydroxylation is 1. The number of aromatic nitrogens is 1. The van der Waals surface area contributed by atoms with Crippen molar-refractivity contribution in [1.82, 2.24) is 14.8 Å². The molecule has 5 nitrogen and oxygen atoms in total. The molecular formula is C19H21ClF3N3O2. The number of alkyl halides is 3. The minimum atomic E-state index is -4.22. The first-order valence-corrected chi connectivity index (χ1v) is 9.45. The van der Waals surface area contributed by atoms with Crippen molar-refractivity contribution in [3.8, 4) is 11.3 Å². The van der Waals surface area contributed by atoms with Gasteiger partial charge >= 0.3 is 6.18 Å². The van der Waals surface area contributed by atoms with E-state index in [9.17, 15) is 18.0 Å². The smallest absolute Gasteiger partial charge is 0.401 e. The first-order chi connectivity index (χ1) is 13.3. The standard InChI is InChI=1S/C19H21ClF3N3O2/c20-15-4-2-14(3-5-15)16-12-24-17(28-16)6-7-18(27)26-9-1-8-25(10-11-26)13-19(21,22)23/h2-5,12H,1,6-11,13H2. The third kappa shape index (κ3) is 5.97. The average Bonchev–Trinajstić information content (AvgIpc) is 2.99. The molecule has 152 valence electrons. The summed E-state index contributed by atoms with van der Waals surface area (Å²) in [5.74, 6) is 0.948. The van der Waals surface area contributed by atoms with Gasteiger partial charge in [-0.05, 0) is 30.7 Å². The summed E-state index contributed by atoms with van der Waals surface area (Å²) in [6.07, 6.45) is -1.54. The molecule has 0 saturated carbocycles. The van der Waals surface area contributed by atoms with Crippen LogP contribution < -0.4 is 0 Å². The maximum Gasteiger partial charge on any atom is 0.401 e. The molecular weight excluding hydrogens is 395 g/mol. The zero-order valence-corrected chi connectivity index (χ0v) is 16.0. The number of carbonyl (C=O) groups excluding carboxylic acids is 1. The molecule has 1 fully saturated rings. The fourth-order valence-corrected chi connectivity index (χ4v) is 3.30. The van der Waals surface area contributed by atoms with Gasteiger partial charge in [0.05, 0.1) is 12.7 Å². The van der Waals surface area contributed by atoms with Gasteiger partial charge in [-0.1, -0.05) is 11.6 Å². The molecule has 0 radical (unpaired) electrons. The lowest BCUT2D eigenvalue weighted by atomic mass is 10.2. The third-order valence-electron chi connectivity index (χ3n) is 4.58. The van der Waals surface area contributed by atoms with Crippen molar-refractivity contribution in [2.45, 2.75) is 25.4 Å². The van der Waals surface area contributed by atoms with Crippen LogP contribution >= 0.6 is 11.6 Å². The Hall–Kier alpha value is -2.06. The van der Waals surface area contributed by atoms with Gasteiger partial charge in [-0.2, -0.15) is 13.2 Å². The lowest BCUT2D eigenvalue weighted by molar-refractivity contribution is -0.145. The van der Waals surface area contributed by atoms with E-state index in [0.29, 0.717) is 49.1 Å². The summed E-state index contributed by atoms with van der Waals surface area (Å²) in [7, 11) is 0. The van der Waals surface area contributed by atoms with Gasteiger partial charge in [0.2, 0.25) is 5.91 Å². The van der Waals surface area contributed by atoms with Crippen LogP contribution in [0.5, 0.6) is 0 Å². The minimum Gasteiger partial charge on any atom is -0.441 e. The second kappa shape index (κ2) is 8.96. The van der Waals surface area contributed by atoms with E-state index in [1.807, 2.05) is 12.1 Å². The molecule has 0 aliphatic carbocycles. The lowest BCUT2D eigenvalue weighted by Gasteiger charge is -2.22. The van der Waals surface area contributed by atoms with Crippen LogP contribution in [0.15, 0.2) is 34.9 Å². The maximum absolute atomic E-state index is 12.5. The Balaban J connectivity index is 1.50. The molecule has 2 aromatic rings. The van der Waals surface area contributed by atoms with Crippen LogP contribution in [0.1, 0.15) is 18.7 Å². The SMILES string of the molecule is O=C(CCc1ncc(-c2ccc(Cl)cc2)o1)N1CCCN(CC(F)(F)F)CC1. The Morgan fingerprint density at radius 1 is 1.14 bits per heavy atom. The predicted octanol–water partition coefficient (Wildman–Crippen LogP) is 4.02. The fraction of sp³-hybridized carbons (Fsp3) is 0.474. The summed E-state index contributed by atoms with van der Waals surface area (Å²) in [6.45, 7) is 0.405. The first kappa shape index (κ1) is 20.7. The van der Waals surface area contributed by atoms with Crippen LogP contribution in [-0.2, 0) is 11.2 Å². The van der Waals surface area contributed by atoms with Gasteiger partial charge < -0.3 is 9.32 Å². The van der Waals surface area contributed by atoms with Gasteiger partial charge in [0, 0.05) is 49.6 Å². The largest absolute Gasteiger partial charge is 0.441 e. The highest BCUT2D eigenvalue weighted by Crippen LogP contribution is 2.23. The number of halogens is 4. The quantitative estimate of drug-likeness (QED) is 0.740. The summed E-state index contributed by atoms with van der Waals surface area (Å²) in [6, 6.07) is 7.15. The lowest BCUT2D eigenvalue weighted by Crippen LogP contribution is -2.38. The molecule has 2 heterocycles. The molecule has 0 bridgehead atoms. The zero-order chi connectivity index (χ0) is 20.1. The van der Waals surface area contributed by atoms with E-state index < -0.39 is 12.7 Å². The van der Waals surface area contributed by atoms with Crippen LogP contribution in [0.25, 0.3) is 11.3 Å². The van der Waals surface area contributed by atoms with E-state index >= 15 is 0 Å². The summed E-state index contributed by atoms with van der Waals surface area (Å²) >= 11 is 5.87. The molecule has 1 aliphatic heterocycles. The Morgan fingerprint density at radius 2 is 1.89 bits per heavy atom. The van der Waals surface area contributed by atoms with Gasteiger partial charge in [0.15, 0.2) is 11.7 Å². The number of hydrogen-bond acceptors (Lipinski definition) is 4.